The molecule has 0 fully saturated rings. The van der Waals surface area contributed by atoms with Gasteiger partial charge in [0.25, 0.3) is 23.1 Å². The molecule has 4 aromatic rings. The van der Waals surface area contributed by atoms with Crippen molar-refractivity contribution in [1.29, 1.82) is 0 Å². The third kappa shape index (κ3) is 6.18. The Balaban J connectivity index is 1.61. The van der Waals surface area contributed by atoms with E-state index in [9.17, 15) is 9.59 Å². The van der Waals surface area contributed by atoms with Crippen molar-refractivity contribution < 1.29 is 9.47 Å². The lowest BCUT2D eigenvalue weighted by molar-refractivity contribution is 0.272. The number of rotatable bonds is 13. The van der Waals surface area contributed by atoms with E-state index in [2.05, 4.69) is 9.97 Å². The molecular formula is C28H34N4O4S2. The first-order valence-corrected chi connectivity index (χ1v) is 15.3. The maximum atomic E-state index is 13.3. The van der Waals surface area contributed by atoms with Crippen molar-refractivity contribution in [2.24, 2.45) is 0 Å². The summed E-state index contributed by atoms with van der Waals surface area (Å²) in [5.41, 5.74) is 1.06. The first-order valence-electron chi connectivity index (χ1n) is 13.2. The molecule has 0 unspecified atom stereocenters. The number of nitrogens with zero attached hydrogens (tertiary/aromatic N) is 4. The summed E-state index contributed by atoms with van der Waals surface area (Å²) < 4.78 is 14.8. The van der Waals surface area contributed by atoms with Gasteiger partial charge >= 0.3 is 0 Å². The molecule has 4 rings (SSSR count). The van der Waals surface area contributed by atoms with Crippen LogP contribution in [0.15, 0.2) is 55.8 Å². The van der Waals surface area contributed by atoms with Gasteiger partial charge in [0, 0.05) is 22.9 Å². The van der Waals surface area contributed by atoms with Crippen LogP contribution in [0.3, 0.4) is 0 Å². The third-order valence-corrected chi connectivity index (χ3v) is 8.16. The molecule has 0 saturated heterocycles. The number of benzene rings is 2. The highest BCUT2D eigenvalue weighted by Gasteiger charge is 2.15. The standard InChI is InChI=1S/C28H34N4O4S2/c1-5-13-31-25(33)21-17-19(9-11-23(21)29-27(31)35-15-7-3)37-38-20-10-12-24-22(18-20)26(34)32(14-6-2)28(30-24)36-16-8-4/h9-12,17-18H,5-8,13-16H2,1-4H3. The topological polar surface area (TPSA) is 88.2 Å². The second-order valence-corrected chi connectivity index (χ2v) is 11.2. The zero-order valence-electron chi connectivity index (χ0n) is 22.4. The van der Waals surface area contributed by atoms with Crippen molar-refractivity contribution in [2.45, 2.75) is 76.3 Å². The van der Waals surface area contributed by atoms with Gasteiger partial charge in [-0.15, -0.1) is 0 Å². The highest BCUT2D eigenvalue weighted by Crippen LogP contribution is 2.38. The van der Waals surface area contributed by atoms with E-state index in [1.165, 1.54) is 21.6 Å². The number of hydrogen-bond acceptors (Lipinski definition) is 8. The molecule has 0 aliphatic carbocycles. The molecule has 0 bridgehead atoms. The van der Waals surface area contributed by atoms with Crippen molar-refractivity contribution >= 4 is 43.4 Å². The number of fused-ring (bicyclic) bond motifs is 2. The Bertz CT molecular complexity index is 1420. The quantitative estimate of drug-likeness (QED) is 0.178. The second-order valence-electron chi connectivity index (χ2n) is 8.92. The SMILES string of the molecule is CCCOc1nc2ccc(SSc3ccc4nc(OCCC)n(CCC)c(=O)c4c3)cc2c(=O)n1CCC. The summed E-state index contributed by atoms with van der Waals surface area (Å²) in [6, 6.07) is 12.1. The molecule has 202 valence electrons. The van der Waals surface area contributed by atoms with Crippen molar-refractivity contribution in [2.75, 3.05) is 13.2 Å². The molecule has 0 spiro atoms. The predicted molar refractivity (Wildman–Crippen MR) is 156 cm³/mol. The zero-order valence-corrected chi connectivity index (χ0v) is 24.0. The summed E-state index contributed by atoms with van der Waals surface area (Å²) >= 11 is 0. The van der Waals surface area contributed by atoms with Gasteiger partial charge in [-0.3, -0.25) is 18.7 Å². The van der Waals surface area contributed by atoms with Gasteiger partial charge in [0.05, 0.1) is 35.0 Å². The van der Waals surface area contributed by atoms with Crippen LogP contribution in [0.1, 0.15) is 53.4 Å². The van der Waals surface area contributed by atoms with Crippen LogP contribution in [-0.2, 0) is 13.1 Å². The van der Waals surface area contributed by atoms with E-state index in [-0.39, 0.29) is 11.1 Å². The van der Waals surface area contributed by atoms with Gasteiger partial charge in [0.1, 0.15) is 0 Å². The summed E-state index contributed by atoms with van der Waals surface area (Å²) in [6.07, 6.45) is 3.31. The average molecular weight is 555 g/mol. The van der Waals surface area contributed by atoms with Gasteiger partial charge in [0.2, 0.25) is 0 Å². The monoisotopic (exact) mass is 554 g/mol. The molecule has 10 heteroatoms. The van der Waals surface area contributed by atoms with Crippen molar-refractivity contribution in [1.82, 2.24) is 19.1 Å². The first kappa shape index (κ1) is 28.0. The lowest BCUT2D eigenvalue weighted by atomic mass is 10.2. The molecule has 2 aromatic heterocycles. The summed E-state index contributed by atoms with van der Waals surface area (Å²) in [4.78, 5) is 37.6. The Labute approximate surface area is 230 Å². The van der Waals surface area contributed by atoms with Crippen molar-refractivity contribution in [3.05, 3.63) is 57.1 Å². The van der Waals surface area contributed by atoms with Crippen LogP contribution in [0.5, 0.6) is 12.0 Å². The number of aromatic nitrogens is 4. The van der Waals surface area contributed by atoms with Crippen molar-refractivity contribution in [3.63, 3.8) is 0 Å². The molecule has 0 N–H and O–H groups in total. The molecule has 0 aliphatic rings. The number of hydrogen-bond donors (Lipinski definition) is 0. The van der Waals surface area contributed by atoms with Crippen LogP contribution in [0.25, 0.3) is 21.8 Å². The minimum Gasteiger partial charge on any atom is -0.465 e. The molecule has 0 radical (unpaired) electrons. The molecule has 0 amide bonds. The molecule has 8 nitrogen and oxygen atoms in total. The van der Waals surface area contributed by atoms with Crippen LogP contribution < -0.4 is 20.6 Å². The summed E-state index contributed by atoms with van der Waals surface area (Å²) in [6.45, 7) is 10.2. The van der Waals surface area contributed by atoms with Crippen LogP contribution in [-0.4, -0.2) is 32.3 Å². The Kier molecular flexibility index (Phi) is 9.74. The zero-order chi connectivity index (χ0) is 27.1. The molecule has 0 saturated carbocycles. The highest BCUT2D eigenvalue weighted by molar-refractivity contribution is 8.76. The van der Waals surface area contributed by atoms with E-state index in [4.69, 9.17) is 9.47 Å². The van der Waals surface area contributed by atoms with Gasteiger partial charge in [-0.1, -0.05) is 49.3 Å². The maximum absolute atomic E-state index is 13.3. The smallest absolute Gasteiger partial charge is 0.299 e. The molecular weight excluding hydrogens is 520 g/mol. The molecule has 0 atom stereocenters. The minimum absolute atomic E-state index is 0.0928. The normalized spacial score (nSPS) is 11.4. The van der Waals surface area contributed by atoms with E-state index in [1.807, 2.05) is 64.1 Å². The fourth-order valence-corrected chi connectivity index (χ4v) is 5.98. The minimum atomic E-state index is -0.0928. The van der Waals surface area contributed by atoms with E-state index in [0.29, 0.717) is 60.1 Å². The van der Waals surface area contributed by atoms with E-state index in [0.717, 1.165) is 35.5 Å². The summed E-state index contributed by atoms with van der Waals surface area (Å²) in [7, 11) is 3.07. The molecule has 2 heterocycles. The summed E-state index contributed by atoms with van der Waals surface area (Å²) in [5, 5.41) is 1.13. The highest BCUT2D eigenvalue weighted by atomic mass is 33.1. The molecule has 38 heavy (non-hydrogen) atoms. The second kappa shape index (κ2) is 13.2. The lowest BCUT2D eigenvalue weighted by Crippen LogP contribution is -2.24. The molecule has 0 aliphatic heterocycles. The first-order chi connectivity index (χ1) is 18.5. The Morgan fingerprint density at radius 3 is 1.45 bits per heavy atom. The Morgan fingerprint density at radius 2 is 1.08 bits per heavy atom. The van der Waals surface area contributed by atoms with E-state index < -0.39 is 0 Å². The average Bonchev–Trinajstić information content (AvgIpc) is 2.93. The van der Waals surface area contributed by atoms with Gasteiger partial charge < -0.3 is 9.47 Å². The van der Waals surface area contributed by atoms with Crippen molar-refractivity contribution in [3.8, 4) is 12.0 Å². The van der Waals surface area contributed by atoms with Gasteiger partial charge in [-0.2, -0.15) is 9.97 Å². The van der Waals surface area contributed by atoms with Gasteiger partial charge in [-0.25, -0.2) is 0 Å². The van der Waals surface area contributed by atoms with Gasteiger partial charge in [-0.05, 0) is 62.1 Å². The van der Waals surface area contributed by atoms with Crippen LogP contribution in [0.4, 0.5) is 0 Å². The van der Waals surface area contributed by atoms with Crippen LogP contribution in [0.2, 0.25) is 0 Å². The van der Waals surface area contributed by atoms with Crippen LogP contribution in [0, 0.1) is 0 Å². The van der Waals surface area contributed by atoms with Gasteiger partial charge in [0.15, 0.2) is 0 Å². The Hall–Kier alpha value is -2.98. The lowest BCUT2D eigenvalue weighted by Gasteiger charge is -2.13. The predicted octanol–water partition coefficient (Wildman–Crippen LogP) is 6.30. The van der Waals surface area contributed by atoms with Crippen LogP contribution >= 0.6 is 21.6 Å². The maximum Gasteiger partial charge on any atom is 0.299 e. The van der Waals surface area contributed by atoms with E-state index >= 15 is 0 Å². The fraction of sp³-hybridized carbons (Fsp3) is 0.429. The summed E-state index contributed by atoms with van der Waals surface area (Å²) in [5.74, 6) is 0. The van der Waals surface area contributed by atoms with E-state index in [1.54, 1.807) is 9.13 Å². The Morgan fingerprint density at radius 1 is 0.658 bits per heavy atom. The fourth-order valence-electron chi connectivity index (χ4n) is 4.01. The third-order valence-electron chi connectivity index (χ3n) is 5.78. The molecule has 2 aromatic carbocycles. The largest absolute Gasteiger partial charge is 0.465 e. The number of ether oxygens (including phenoxy) is 2.